The number of aromatic nitrogens is 3. The Morgan fingerprint density at radius 3 is 2.71 bits per heavy atom. The Kier molecular flexibility index (Phi) is 7.24. The number of carbonyl (C=O) groups excluding carboxylic acids is 1. The van der Waals surface area contributed by atoms with Crippen molar-refractivity contribution in [3.8, 4) is 5.75 Å². The Morgan fingerprint density at radius 2 is 2.00 bits per heavy atom. The van der Waals surface area contributed by atoms with Crippen molar-refractivity contribution >= 4 is 29.3 Å². The lowest BCUT2D eigenvalue weighted by Crippen LogP contribution is -2.40. The second-order valence-corrected chi connectivity index (χ2v) is 8.73. The normalized spacial score (nSPS) is 19.4. The van der Waals surface area contributed by atoms with Crippen molar-refractivity contribution in [3.63, 3.8) is 0 Å². The Morgan fingerprint density at radius 1 is 1.29 bits per heavy atom. The summed E-state index contributed by atoms with van der Waals surface area (Å²) in [6.45, 7) is 2.55. The van der Waals surface area contributed by atoms with E-state index in [2.05, 4.69) is 17.1 Å². The van der Waals surface area contributed by atoms with E-state index in [0.717, 1.165) is 18.8 Å². The molecule has 28 heavy (non-hydrogen) atoms. The fraction of sp³-hybridized carbons (Fsp3) is 0.550. The molecule has 3 rings (SSSR count). The first kappa shape index (κ1) is 21.0. The highest BCUT2D eigenvalue weighted by molar-refractivity contribution is 7.99. The molecule has 1 fully saturated rings. The maximum atomic E-state index is 12.6. The van der Waals surface area contributed by atoms with Crippen LogP contribution in [-0.2, 0) is 18.4 Å². The van der Waals surface area contributed by atoms with Gasteiger partial charge in [-0.05, 0) is 43.7 Å². The van der Waals surface area contributed by atoms with Gasteiger partial charge < -0.3 is 14.2 Å². The van der Waals surface area contributed by atoms with Gasteiger partial charge in [-0.2, -0.15) is 0 Å². The van der Waals surface area contributed by atoms with Gasteiger partial charge in [-0.3, -0.25) is 4.79 Å². The van der Waals surface area contributed by atoms with E-state index in [1.807, 2.05) is 41.8 Å². The van der Waals surface area contributed by atoms with E-state index in [4.69, 9.17) is 16.3 Å². The Balaban J connectivity index is 1.51. The van der Waals surface area contributed by atoms with E-state index in [0.29, 0.717) is 33.5 Å². The van der Waals surface area contributed by atoms with Gasteiger partial charge in [0.05, 0.1) is 10.8 Å². The smallest absolute Gasteiger partial charge is 0.233 e. The van der Waals surface area contributed by atoms with E-state index in [9.17, 15) is 4.79 Å². The highest BCUT2D eigenvalue weighted by Gasteiger charge is 2.25. The van der Waals surface area contributed by atoms with Crippen LogP contribution in [-0.4, -0.2) is 44.4 Å². The molecule has 1 amide bonds. The number of para-hydroxylation sites is 1. The number of carbonyl (C=O) groups is 1. The molecular formula is C20H27ClN4O2S. The number of hydrogen-bond acceptors (Lipinski definition) is 5. The molecule has 152 valence electrons. The molecule has 1 saturated carbocycles. The Hall–Kier alpha value is -1.73. The van der Waals surface area contributed by atoms with Gasteiger partial charge >= 0.3 is 0 Å². The molecule has 0 atom stereocenters. The molecule has 0 N–H and O–H groups in total. The summed E-state index contributed by atoms with van der Waals surface area (Å²) in [6, 6.07) is 7.68. The molecule has 1 aliphatic carbocycles. The molecule has 0 bridgehead atoms. The van der Waals surface area contributed by atoms with Crippen LogP contribution in [0.2, 0.25) is 5.02 Å². The summed E-state index contributed by atoms with van der Waals surface area (Å²) in [4.78, 5) is 14.5. The van der Waals surface area contributed by atoms with Gasteiger partial charge in [0.15, 0.2) is 11.0 Å². The van der Waals surface area contributed by atoms with Crippen LogP contribution in [0.15, 0.2) is 29.4 Å². The maximum absolute atomic E-state index is 12.6. The number of benzene rings is 1. The first-order chi connectivity index (χ1) is 13.5. The van der Waals surface area contributed by atoms with Crippen molar-refractivity contribution in [3.05, 3.63) is 35.1 Å². The van der Waals surface area contributed by atoms with Crippen molar-refractivity contribution in [2.24, 2.45) is 13.0 Å². The van der Waals surface area contributed by atoms with Crippen LogP contribution in [0, 0.1) is 5.92 Å². The molecule has 1 aliphatic rings. The lowest BCUT2D eigenvalue weighted by molar-refractivity contribution is -0.129. The number of hydrogen-bond donors (Lipinski definition) is 0. The zero-order valence-corrected chi connectivity index (χ0v) is 18.2. The van der Waals surface area contributed by atoms with Crippen molar-refractivity contribution in [1.82, 2.24) is 19.7 Å². The molecule has 0 aliphatic heterocycles. The van der Waals surface area contributed by atoms with Gasteiger partial charge in [0.1, 0.15) is 12.4 Å². The minimum Gasteiger partial charge on any atom is -0.484 e. The average Bonchev–Trinajstić information content (AvgIpc) is 3.05. The van der Waals surface area contributed by atoms with Crippen molar-refractivity contribution in [1.29, 1.82) is 0 Å². The zero-order valence-electron chi connectivity index (χ0n) is 16.6. The lowest BCUT2D eigenvalue weighted by Gasteiger charge is -2.33. The summed E-state index contributed by atoms with van der Waals surface area (Å²) in [7, 11) is 3.80. The summed E-state index contributed by atoms with van der Waals surface area (Å²) in [5.74, 6) is 2.57. The summed E-state index contributed by atoms with van der Waals surface area (Å²) in [6.07, 6.45) is 4.60. The fourth-order valence-corrected chi connectivity index (χ4v) is 4.41. The predicted molar refractivity (Wildman–Crippen MR) is 112 cm³/mol. The van der Waals surface area contributed by atoms with Gasteiger partial charge in [0, 0.05) is 20.1 Å². The number of amides is 1. The lowest BCUT2D eigenvalue weighted by atomic mass is 9.87. The van der Waals surface area contributed by atoms with Gasteiger partial charge in [0.2, 0.25) is 5.91 Å². The minimum atomic E-state index is 0.140. The number of nitrogens with zero attached hydrogens (tertiary/aromatic N) is 4. The first-order valence-electron chi connectivity index (χ1n) is 9.59. The standard InChI is InChI=1S/C20H27ClN4O2S/c1-14-8-10-15(11-9-14)24(2)19(26)13-28-20-23-22-18(25(20)3)12-27-17-7-5-4-6-16(17)21/h4-7,14-15H,8-13H2,1-3H3. The average molecular weight is 423 g/mol. The van der Waals surface area contributed by atoms with Crippen molar-refractivity contribution in [2.45, 2.75) is 50.4 Å². The van der Waals surface area contributed by atoms with Crippen LogP contribution in [0.1, 0.15) is 38.4 Å². The Labute approximate surface area is 175 Å². The largest absolute Gasteiger partial charge is 0.484 e. The summed E-state index contributed by atoms with van der Waals surface area (Å²) < 4.78 is 7.59. The first-order valence-corrected chi connectivity index (χ1v) is 11.0. The number of thioether (sulfide) groups is 1. The van der Waals surface area contributed by atoms with Crippen LogP contribution in [0.25, 0.3) is 0 Å². The Bertz CT molecular complexity index is 805. The van der Waals surface area contributed by atoms with Crippen molar-refractivity contribution < 1.29 is 9.53 Å². The second-order valence-electron chi connectivity index (χ2n) is 7.38. The monoisotopic (exact) mass is 422 g/mol. The summed E-state index contributed by atoms with van der Waals surface area (Å²) >= 11 is 7.52. The summed E-state index contributed by atoms with van der Waals surface area (Å²) in [5.41, 5.74) is 0. The fourth-order valence-electron chi connectivity index (χ4n) is 3.36. The predicted octanol–water partition coefficient (Wildman–Crippen LogP) is 4.18. The second kappa shape index (κ2) is 9.65. The number of ether oxygens (including phenoxy) is 1. The highest BCUT2D eigenvalue weighted by atomic mass is 35.5. The van der Waals surface area contributed by atoms with Crippen LogP contribution < -0.4 is 4.74 Å². The van der Waals surface area contributed by atoms with Crippen LogP contribution in [0.5, 0.6) is 5.75 Å². The van der Waals surface area contributed by atoms with E-state index in [1.54, 1.807) is 6.07 Å². The van der Waals surface area contributed by atoms with Gasteiger partial charge in [-0.1, -0.05) is 42.4 Å². The molecule has 8 heteroatoms. The molecular weight excluding hydrogens is 396 g/mol. The third kappa shape index (κ3) is 5.20. The molecule has 6 nitrogen and oxygen atoms in total. The number of halogens is 1. The minimum absolute atomic E-state index is 0.140. The molecule has 0 saturated heterocycles. The third-order valence-corrected chi connectivity index (χ3v) is 6.69. The molecule has 1 heterocycles. The van der Waals surface area contributed by atoms with Crippen LogP contribution >= 0.6 is 23.4 Å². The van der Waals surface area contributed by atoms with E-state index in [1.165, 1.54) is 24.6 Å². The maximum Gasteiger partial charge on any atom is 0.233 e. The SMILES string of the molecule is CC1CCC(N(C)C(=O)CSc2nnc(COc3ccccc3Cl)n2C)CC1. The molecule has 0 radical (unpaired) electrons. The van der Waals surface area contributed by atoms with E-state index >= 15 is 0 Å². The van der Waals surface area contributed by atoms with E-state index in [-0.39, 0.29) is 12.5 Å². The van der Waals surface area contributed by atoms with E-state index < -0.39 is 0 Å². The quantitative estimate of drug-likeness (QED) is 0.626. The van der Waals surface area contributed by atoms with Gasteiger partial charge in [-0.25, -0.2) is 0 Å². The van der Waals surface area contributed by atoms with Crippen molar-refractivity contribution in [2.75, 3.05) is 12.8 Å². The van der Waals surface area contributed by atoms with Gasteiger partial charge in [-0.15, -0.1) is 10.2 Å². The highest BCUT2D eigenvalue weighted by Crippen LogP contribution is 2.27. The van der Waals surface area contributed by atoms with Gasteiger partial charge in [0.25, 0.3) is 0 Å². The summed E-state index contributed by atoms with van der Waals surface area (Å²) in [5, 5.41) is 9.64. The number of rotatable bonds is 7. The topological polar surface area (TPSA) is 60.3 Å². The zero-order chi connectivity index (χ0) is 20.1. The van der Waals surface area contributed by atoms with Crippen LogP contribution in [0.3, 0.4) is 0 Å². The molecule has 1 aromatic carbocycles. The molecule has 2 aromatic rings. The molecule has 0 spiro atoms. The molecule has 0 unspecified atom stereocenters. The molecule has 1 aromatic heterocycles. The third-order valence-electron chi connectivity index (χ3n) is 5.37. The van der Waals surface area contributed by atoms with Crippen LogP contribution in [0.4, 0.5) is 0 Å².